The summed E-state index contributed by atoms with van der Waals surface area (Å²) in [5, 5.41) is 4.31. The van der Waals surface area contributed by atoms with E-state index in [0.717, 1.165) is 72.0 Å². The molecule has 5 nitrogen and oxygen atoms in total. The smallest absolute Gasteiger partial charge is 0.164 e. The highest BCUT2D eigenvalue weighted by Gasteiger charge is 2.25. The van der Waals surface area contributed by atoms with Gasteiger partial charge in [0.05, 0.1) is 5.39 Å². The molecule has 0 saturated heterocycles. The second-order valence-electron chi connectivity index (χ2n) is 10.4. The van der Waals surface area contributed by atoms with E-state index in [0.29, 0.717) is 17.5 Å². The number of ether oxygens (including phenoxy) is 1. The average Bonchev–Trinajstić information content (AvgIpc) is 3.46. The second kappa shape index (κ2) is 8.85. The SMILES string of the molecule is c1ccc(-c2nc(-c3ccccc3)nc(-c3cccc(-c4cc5cccc6c5c5c4oc4cccc(c45)O6)c3)n2)cc1. The summed E-state index contributed by atoms with van der Waals surface area (Å²) in [6.45, 7) is 0. The Labute approximate surface area is 240 Å². The summed E-state index contributed by atoms with van der Waals surface area (Å²) in [6.07, 6.45) is 0. The monoisotopic (exact) mass is 539 g/mol. The number of hydrogen-bond donors (Lipinski definition) is 0. The maximum absolute atomic E-state index is 6.54. The van der Waals surface area contributed by atoms with Crippen LogP contribution in [-0.2, 0) is 0 Å². The first-order valence-electron chi connectivity index (χ1n) is 13.9. The van der Waals surface area contributed by atoms with E-state index in [2.05, 4.69) is 24.3 Å². The summed E-state index contributed by atoms with van der Waals surface area (Å²) in [5.41, 5.74) is 6.49. The lowest BCUT2D eigenvalue weighted by molar-refractivity contribution is 0.492. The van der Waals surface area contributed by atoms with Gasteiger partial charge in [-0.25, -0.2) is 15.0 Å². The summed E-state index contributed by atoms with van der Waals surface area (Å²) in [5.74, 6) is 3.57. The maximum atomic E-state index is 6.54. The number of rotatable bonds is 4. The van der Waals surface area contributed by atoms with Gasteiger partial charge in [-0.2, -0.15) is 0 Å². The van der Waals surface area contributed by atoms with Crippen LogP contribution in [0, 0.1) is 0 Å². The van der Waals surface area contributed by atoms with Gasteiger partial charge in [0.25, 0.3) is 0 Å². The van der Waals surface area contributed by atoms with Crippen LogP contribution in [0.2, 0.25) is 0 Å². The number of furan rings is 1. The number of aromatic nitrogens is 3. The van der Waals surface area contributed by atoms with E-state index in [1.54, 1.807) is 0 Å². The lowest BCUT2D eigenvalue weighted by Gasteiger charge is -2.16. The molecule has 0 saturated carbocycles. The van der Waals surface area contributed by atoms with Crippen LogP contribution in [0.3, 0.4) is 0 Å². The minimum Gasteiger partial charge on any atom is -0.456 e. The van der Waals surface area contributed by atoms with Crippen LogP contribution in [0.4, 0.5) is 0 Å². The van der Waals surface area contributed by atoms with Gasteiger partial charge in [-0.05, 0) is 41.3 Å². The quantitative estimate of drug-likeness (QED) is 0.223. The maximum Gasteiger partial charge on any atom is 0.164 e. The lowest BCUT2D eigenvalue weighted by atomic mass is 9.94. The molecule has 0 aliphatic carbocycles. The third-order valence-corrected chi connectivity index (χ3v) is 7.88. The molecule has 2 aromatic heterocycles. The van der Waals surface area contributed by atoms with Crippen LogP contribution >= 0.6 is 0 Å². The first-order valence-corrected chi connectivity index (χ1v) is 13.9. The molecular formula is C37H21N3O2. The van der Waals surface area contributed by atoms with Crippen LogP contribution in [0.25, 0.3) is 78.0 Å². The zero-order chi connectivity index (χ0) is 27.6. The molecule has 0 spiro atoms. The molecule has 0 atom stereocenters. The molecular weight excluding hydrogens is 518 g/mol. The first-order chi connectivity index (χ1) is 20.8. The Kier molecular flexibility index (Phi) is 4.83. The molecule has 0 unspecified atom stereocenters. The van der Waals surface area contributed by atoms with Crippen molar-refractivity contribution < 1.29 is 9.15 Å². The molecule has 1 aliphatic heterocycles. The van der Waals surface area contributed by atoms with Crippen molar-refractivity contribution in [1.29, 1.82) is 0 Å². The molecule has 1 aliphatic rings. The van der Waals surface area contributed by atoms with Crippen molar-refractivity contribution in [3.63, 3.8) is 0 Å². The summed E-state index contributed by atoms with van der Waals surface area (Å²) in [6, 6.07) is 42.8. The highest BCUT2D eigenvalue weighted by Crippen LogP contribution is 2.50. The average molecular weight is 540 g/mol. The predicted octanol–water partition coefficient (Wildman–Crippen LogP) is 9.70. The summed E-state index contributed by atoms with van der Waals surface area (Å²) in [7, 11) is 0. The van der Waals surface area contributed by atoms with Gasteiger partial charge < -0.3 is 9.15 Å². The van der Waals surface area contributed by atoms with E-state index in [4.69, 9.17) is 24.1 Å². The molecule has 5 heteroatoms. The van der Waals surface area contributed by atoms with Crippen molar-refractivity contribution in [3.8, 4) is 56.8 Å². The Morgan fingerprint density at radius 1 is 0.429 bits per heavy atom. The van der Waals surface area contributed by atoms with Crippen molar-refractivity contribution in [2.45, 2.75) is 0 Å². The Morgan fingerprint density at radius 3 is 1.71 bits per heavy atom. The zero-order valence-electron chi connectivity index (χ0n) is 22.3. The van der Waals surface area contributed by atoms with Crippen LogP contribution in [0.1, 0.15) is 0 Å². The van der Waals surface area contributed by atoms with Crippen molar-refractivity contribution in [2.24, 2.45) is 0 Å². The normalized spacial score (nSPS) is 12.0. The van der Waals surface area contributed by atoms with Gasteiger partial charge in [0.1, 0.15) is 22.7 Å². The predicted molar refractivity (Wildman–Crippen MR) is 166 cm³/mol. The van der Waals surface area contributed by atoms with Crippen LogP contribution < -0.4 is 4.74 Å². The zero-order valence-corrected chi connectivity index (χ0v) is 22.3. The fourth-order valence-electron chi connectivity index (χ4n) is 5.97. The van der Waals surface area contributed by atoms with E-state index in [1.807, 2.05) is 103 Å². The molecule has 0 fully saturated rings. The van der Waals surface area contributed by atoms with Crippen molar-refractivity contribution in [1.82, 2.24) is 15.0 Å². The third kappa shape index (κ3) is 3.47. The molecule has 42 heavy (non-hydrogen) atoms. The Morgan fingerprint density at radius 2 is 1.00 bits per heavy atom. The van der Waals surface area contributed by atoms with Gasteiger partial charge in [0, 0.05) is 33.0 Å². The highest BCUT2D eigenvalue weighted by molar-refractivity contribution is 6.26. The molecule has 0 bridgehead atoms. The fraction of sp³-hybridized carbons (Fsp3) is 0. The largest absolute Gasteiger partial charge is 0.456 e. The lowest BCUT2D eigenvalue weighted by Crippen LogP contribution is -2.00. The van der Waals surface area contributed by atoms with E-state index in [-0.39, 0.29) is 0 Å². The van der Waals surface area contributed by atoms with Crippen molar-refractivity contribution >= 4 is 32.7 Å². The van der Waals surface area contributed by atoms with E-state index < -0.39 is 0 Å². The molecule has 196 valence electrons. The van der Waals surface area contributed by atoms with Crippen LogP contribution in [-0.4, -0.2) is 15.0 Å². The van der Waals surface area contributed by atoms with Crippen molar-refractivity contribution in [3.05, 3.63) is 127 Å². The Hall–Kier alpha value is -5.81. The summed E-state index contributed by atoms with van der Waals surface area (Å²) >= 11 is 0. The van der Waals surface area contributed by atoms with Crippen LogP contribution in [0.5, 0.6) is 11.5 Å². The molecule has 9 rings (SSSR count). The van der Waals surface area contributed by atoms with Gasteiger partial charge in [0.2, 0.25) is 0 Å². The molecule has 8 aromatic rings. The van der Waals surface area contributed by atoms with Crippen LogP contribution in [0.15, 0.2) is 132 Å². The van der Waals surface area contributed by atoms with Crippen molar-refractivity contribution in [2.75, 3.05) is 0 Å². The van der Waals surface area contributed by atoms with Gasteiger partial charge in [-0.15, -0.1) is 0 Å². The minimum atomic E-state index is 0.616. The molecule has 0 N–H and O–H groups in total. The summed E-state index contributed by atoms with van der Waals surface area (Å²) < 4.78 is 12.8. The van der Waals surface area contributed by atoms with Gasteiger partial charge in [0.15, 0.2) is 17.5 Å². The van der Waals surface area contributed by atoms with Gasteiger partial charge >= 0.3 is 0 Å². The Bertz CT molecular complexity index is 2270. The third-order valence-electron chi connectivity index (χ3n) is 7.88. The van der Waals surface area contributed by atoms with E-state index in [9.17, 15) is 0 Å². The van der Waals surface area contributed by atoms with E-state index >= 15 is 0 Å². The number of benzene rings is 6. The first kappa shape index (κ1) is 22.9. The molecule has 3 heterocycles. The Balaban J connectivity index is 1.27. The summed E-state index contributed by atoms with van der Waals surface area (Å²) in [4.78, 5) is 14.7. The number of hydrogen-bond acceptors (Lipinski definition) is 5. The minimum absolute atomic E-state index is 0.616. The number of nitrogens with zero attached hydrogens (tertiary/aromatic N) is 3. The van der Waals surface area contributed by atoms with E-state index in [1.165, 1.54) is 0 Å². The molecule has 6 aromatic carbocycles. The highest BCUT2D eigenvalue weighted by atomic mass is 16.5. The fourth-order valence-corrected chi connectivity index (χ4v) is 5.97. The van der Waals surface area contributed by atoms with Gasteiger partial charge in [-0.3, -0.25) is 0 Å². The second-order valence-corrected chi connectivity index (χ2v) is 10.4. The molecule has 0 radical (unpaired) electrons. The molecule has 0 amide bonds. The van der Waals surface area contributed by atoms with Gasteiger partial charge in [-0.1, -0.05) is 97.1 Å². The topological polar surface area (TPSA) is 61.0 Å². The standard InChI is InChI=1S/C37H21N3O2/c1-3-10-22(11-4-1)35-38-36(23-12-5-2-6-13-23)40-37(39-35)26-16-7-14-24(20-26)27-21-25-15-8-17-28-31(25)33-32-29(41-28)18-9-19-30(32)42-34(27)33/h1-21H.